The Morgan fingerprint density at radius 2 is 2.17 bits per heavy atom. The summed E-state index contributed by atoms with van der Waals surface area (Å²) in [5.41, 5.74) is 2.37. The number of fused-ring (bicyclic) bond motifs is 1. The SMILES string of the molecule is CC(C)c1cccc2nnsc12. The third-order valence-electron chi connectivity index (χ3n) is 1.93. The summed E-state index contributed by atoms with van der Waals surface area (Å²) in [6.07, 6.45) is 0. The Balaban J connectivity index is 2.73. The van der Waals surface area contributed by atoms with Gasteiger partial charge in [0.2, 0.25) is 0 Å². The van der Waals surface area contributed by atoms with Crippen LogP contribution in [0.15, 0.2) is 18.2 Å². The van der Waals surface area contributed by atoms with Crippen LogP contribution in [-0.2, 0) is 0 Å². The summed E-state index contributed by atoms with van der Waals surface area (Å²) in [5, 5.41) is 4.03. The third kappa shape index (κ3) is 1.10. The molecule has 62 valence electrons. The molecule has 1 heterocycles. The summed E-state index contributed by atoms with van der Waals surface area (Å²) in [6, 6.07) is 6.19. The second-order valence-electron chi connectivity index (χ2n) is 3.12. The first kappa shape index (κ1) is 7.68. The van der Waals surface area contributed by atoms with Crippen molar-refractivity contribution < 1.29 is 0 Å². The Morgan fingerprint density at radius 1 is 1.33 bits per heavy atom. The van der Waals surface area contributed by atoms with Crippen LogP contribution >= 0.6 is 11.5 Å². The first-order valence-electron chi connectivity index (χ1n) is 4.00. The smallest absolute Gasteiger partial charge is 0.106 e. The van der Waals surface area contributed by atoms with Crippen LogP contribution < -0.4 is 0 Å². The van der Waals surface area contributed by atoms with E-state index in [-0.39, 0.29) is 0 Å². The van der Waals surface area contributed by atoms with Crippen molar-refractivity contribution in [3.63, 3.8) is 0 Å². The van der Waals surface area contributed by atoms with Crippen LogP contribution in [0.5, 0.6) is 0 Å². The summed E-state index contributed by atoms with van der Waals surface area (Å²) in [7, 11) is 0. The molecule has 0 aliphatic rings. The van der Waals surface area contributed by atoms with E-state index < -0.39 is 0 Å². The molecule has 0 saturated heterocycles. The minimum atomic E-state index is 0.552. The number of aromatic nitrogens is 2. The molecule has 0 radical (unpaired) electrons. The molecule has 0 aliphatic heterocycles. The molecule has 0 fully saturated rings. The largest absolute Gasteiger partial charge is 0.138 e. The Bertz CT molecular complexity index is 392. The molecule has 1 aromatic heterocycles. The van der Waals surface area contributed by atoms with Crippen molar-refractivity contribution in [1.82, 2.24) is 9.59 Å². The molecule has 0 N–H and O–H groups in total. The minimum Gasteiger partial charge on any atom is -0.138 e. The van der Waals surface area contributed by atoms with E-state index in [9.17, 15) is 0 Å². The van der Waals surface area contributed by atoms with Gasteiger partial charge in [-0.2, -0.15) is 0 Å². The van der Waals surface area contributed by atoms with Crippen LogP contribution in [0.4, 0.5) is 0 Å². The first-order chi connectivity index (χ1) is 5.79. The topological polar surface area (TPSA) is 25.8 Å². The average molecular weight is 178 g/mol. The van der Waals surface area contributed by atoms with Crippen LogP contribution in [-0.4, -0.2) is 9.59 Å². The number of nitrogens with zero attached hydrogens (tertiary/aromatic N) is 2. The highest BCUT2D eigenvalue weighted by Gasteiger charge is 2.06. The predicted molar refractivity (Wildman–Crippen MR) is 51.5 cm³/mol. The van der Waals surface area contributed by atoms with Crippen LogP contribution in [0, 0.1) is 0 Å². The zero-order chi connectivity index (χ0) is 8.55. The number of hydrogen-bond donors (Lipinski definition) is 0. The van der Waals surface area contributed by atoms with Gasteiger partial charge in [-0.3, -0.25) is 0 Å². The van der Waals surface area contributed by atoms with Crippen LogP contribution in [0.3, 0.4) is 0 Å². The van der Waals surface area contributed by atoms with Gasteiger partial charge >= 0.3 is 0 Å². The third-order valence-corrected chi connectivity index (χ3v) is 2.72. The highest BCUT2D eigenvalue weighted by atomic mass is 32.1. The van der Waals surface area contributed by atoms with Crippen molar-refractivity contribution in [3.8, 4) is 0 Å². The molecule has 1 aromatic carbocycles. The average Bonchev–Trinajstić information content (AvgIpc) is 2.49. The lowest BCUT2D eigenvalue weighted by Crippen LogP contribution is -1.85. The molecule has 2 aromatic rings. The lowest BCUT2D eigenvalue weighted by Gasteiger charge is -2.03. The van der Waals surface area contributed by atoms with E-state index in [0.29, 0.717) is 5.92 Å². The summed E-state index contributed by atoms with van der Waals surface area (Å²) in [5.74, 6) is 0.552. The zero-order valence-electron chi connectivity index (χ0n) is 7.11. The van der Waals surface area contributed by atoms with Gasteiger partial charge < -0.3 is 0 Å². The quantitative estimate of drug-likeness (QED) is 0.671. The number of rotatable bonds is 1. The molecule has 2 nitrogen and oxygen atoms in total. The molecule has 0 amide bonds. The molecule has 0 unspecified atom stereocenters. The molecule has 0 saturated carbocycles. The van der Waals surface area contributed by atoms with Gasteiger partial charge in [-0.25, -0.2) is 0 Å². The lowest BCUT2D eigenvalue weighted by atomic mass is 10.0. The Kier molecular flexibility index (Phi) is 1.81. The van der Waals surface area contributed by atoms with E-state index in [1.807, 2.05) is 12.1 Å². The fraction of sp³-hybridized carbons (Fsp3) is 0.333. The number of benzene rings is 1. The summed E-state index contributed by atoms with van der Waals surface area (Å²) in [4.78, 5) is 0. The monoisotopic (exact) mass is 178 g/mol. The second-order valence-corrected chi connectivity index (χ2v) is 3.88. The van der Waals surface area contributed by atoms with E-state index in [4.69, 9.17) is 0 Å². The van der Waals surface area contributed by atoms with Gasteiger partial charge in [-0.15, -0.1) is 5.10 Å². The van der Waals surface area contributed by atoms with E-state index in [0.717, 1.165) is 5.52 Å². The highest BCUT2D eigenvalue weighted by molar-refractivity contribution is 7.13. The normalized spacial score (nSPS) is 11.2. The van der Waals surface area contributed by atoms with Crippen molar-refractivity contribution in [2.24, 2.45) is 0 Å². The summed E-state index contributed by atoms with van der Waals surface area (Å²) < 4.78 is 5.17. The maximum absolute atomic E-state index is 4.03. The van der Waals surface area contributed by atoms with Crippen molar-refractivity contribution in [2.45, 2.75) is 19.8 Å². The molecule has 0 aliphatic carbocycles. The van der Waals surface area contributed by atoms with Gasteiger partial charge in [0.05, 0.1) is 4.70 Å². The van der Waals surface area contributed by atoms with Gasteiger partial charge in [0.1, 0.15) is 5.52 Å². The molecular weight excluding hydrogens is 168 g/mol. The molecular formula is C9H10N2S. The van der Waals surface area contributed by atoms with Crippen LogP contribution in [0.2, 0.25) is 0 Å². The van der Waals surface area contributed by atoms with Gasteiger partial charge in [0.15, 0.2) is 0 Å². The second kappa shape index (κ2) is 2.83. The van der Waals surface area contributed by atoms with E-state index in [1.54, 1.807) is 0 Å². The molecule has 12 heavy (non-hydrogen) atoms. The van der Waals surface area contributed by atoms with Crippen LogP contribution in [0.25, 0.3) is 10.2 Å². The maximum Gasteiger partial charge on any atom is 0.106 e. The van der Waals surface area contributed by atoms with Gasteiger partial charge in [-0.05, 0) is 29.1 Å². The van der Waals surface area contributed by atoms with Crippen molar-refractivity contribution in [1.29, 1.82) is 0 Å². The molecule has 0 bridgehead atoms. The maximum atomic E-state index is 4.03. The minimum absolute atomic E-state index is 0.552. The van der Waals surface area contributed by atoms with Gasteiger partial charge in [0, 0.05) is 0 Å². The Hall–Kier alpha value is -0.960. The Labute approximate surface area is 75.4 Å². The predicted octanol–water partition coefficient (Wildman–Crippen LogP) is 2.81. The standard InChI is InChI=1S/C9H10N2S/c1-6(2)7-4-3-5-8-9(7)12-11-10-8/h3-6H,1-2H3. The fourth-order valence-corrected chi connectivity index (χ4v) is 2.10. The Morgan fingerprint density at radius 3 is 2.92 bits per heavy atom. The molecule has 2 rings (SSSR count). The lowest BCUT2D eigenvalue weighted by molar-refractivity contribution is 0.878. The van der Waals surface area contributed by atoms with Crippen molar-refractivity contribution in [3.05, 3.63) is 23.8 Å². The van der Waals surface area contributed by atoms with Crippen LogP contribution in [0.1, 0.15) is 25.3 Å². The van der Waals surface area contributed by atoms with Gasteiger partial charge in [-0.1, -0.05) is 30.5 Å². The van der Waals surface area contributed by atoms with E-state index in [1.165, 1.54) is 21.8 Å². The van der Waals surface area contributed by atoms with Gasteiger partial charge in [0.25, 0.3) is 0 Å². The van der Waals surface area contributed by atoms with Crippen molar-refractivity contribution in [2.75, 3.05) is 0 Å². The van der Waals surface area contributed by atoms with E-state index in [2.05, 4.69) is 29.5 Å². The van der Waals surface area contributed by atoms with E-state index >= 15 is 0 Å². The summed E-state index contributed by atoms with van der Waals surface area (Å²) in [6.45, 7) is 4.38. The summed E-state index contributed by atoms with van der Waals surface area (Å²) >= 11 is 1.48. The zero-order valence-corrected chi connectivity index (χ0v) is 7.93. The highest BCUT2D eigenvalue weighted by Crippen LogP contribution is 2.26. The first-order valence-corrected chi connectivity index (χ1v) is 4.77. The molecule has 0 spiro atoms. The molecule has 0 atom stereocenters. The molecule has 3 heteroatoms. The fourth-order valence-electron chi connectivity index (χ4n) is 1.28. The van der Waals surface area contributed by atoms with Crippen molar-refractivity contribution >= 4 is 21.7 Å². The number of hydrogen-bond acceptors (Lipinski definition) is 3.